The molecule has 29 heavy (non-hydrogen) atoms. The van der Waals surface area contributed by atoms with E-state index in [0.717, 1.165) is 37.1 Å². The molecule has 1 aromatic heterocycles. The maximum atomic E-state index is 12.6. The van der Waals surface area contributed by atoms with Crippen LogP contribution in [0.2, 0.25) is 0 Å². The molecular formula is C22H27N3O3S. The third-order valence-electron chi connectivity index (χ3n) is 5.38. The topological polar surface area (TPSA) is 96.5 Å². The average Bonchev–Trinajstić information content (AvgIpc) is 3.26. The number of hydrogen-bond donors (Lipinski definition) is 3. The highest BCUT2D eigenvalue weighted by molar-refractivity contribution is 7.81. The summed E-state index contributed by atoms with van der Waals surface area (Å²) in [5, 5.41) is 9.33. The fourth-order valence-electron chi connectivity index (χ4n) is 3.68. The number of thiol groups is 1. The number of carboxylic acid groups (broad SMARTS) is 1. The zero-order valence-corrected chi connectivity index (χ0v) is 17.2. The van der Waals surface area contributed by atoms with Gasteiger partial charge in [0.05, 0.1) is 5.92 Å². The van der Waals surface area contributed by atoms with Gasteiger partial charge in [-0.15, -0.1) is 0 Å². The SMILES string of the molecule is Nc1ccc(CC(C(=O)O)C(S)CCc2cccc(C(=O)N3CCCC3)c2)cn1. The van der Waals surface area contributed by atoms with Crippen molar-refractivity contribution in [3.05, 3.63) is 59.3 Å². The third-order valence-corrected chi connectivity index (χ3v) is 6.00. The molecule has 0 radical (unpaired) electrons. The van der Waals surface area contributed by atoms with Crippen molar-refractivity contribution < 1.29 is 14.7 Å². The van der Waals surface area contributed by atoms with Crippen molar-refractivity contribution in [2.24, 2.45) is 5.92 Å². The normalized spacial score (nSPS) is 15.8. The number of aliphatic carboxylic acids is 1. The second-order valence-corrected chi connectivity index (χ2v) is 8.21. The van der Waals surface area contributed by atoms with Crippen LogP contribution in [-0.4, -0.2) is 45.2 Å². The second-order valence-electron chi connectivity index (χ2n) is 7.55. The van der Waals surface area contributed by atoms with Crippen molar-refractivity contribution in [1.82, 2.24) is 9.88 Å². The number of anilines is 1. The van der Waals surface area contributed by atoms with Crippen LogP contribution in [0.25, 0.3) is 0 Å². The van der Waals surface area contributed by atoms with Gasteiger partial charge in [-0.2, -0.15) is 12.6 Å². The fourth-order valence-corrected chi connectivity index (χ4v) is 4.04. The Bertz CT molecular complexity index is 851. The van der Waals surface area contributed by atoms with E-state index in [9.17, 15) is 14.7 Å². The molecule has 2 aromatic rings. The lowest BCUT2D eigenvalue weighted by molar-refractivity contribution is -0.141. The minimum atomic E-state index is -0.875. The highest BCUT2D eigenvalue weighted by Gasteiger charge is 2.26. The lowest BCUT2D eigenvalue weighted by Crippen LogP contribution is -2.28. The Kier molecular flexibility index (Phi) is 7.14. The molecule has 2 atom stereocenters. The van der Waals surface area contributed by atoms with E-state index in [2.05, 4.69) is 17.6 Å². The lowest BCUT2D eigenvalue weighted by Gasteiger charge is -2.20. The summed E-state index contributed by atoms with van der Waals surface area (Å²) < 4.78 is 0. The minimum absolute atomic E-state index is 0.0750. The van der Waals surface area contributed by atoms with E-state index < -0.39 is 11.9 Å². The largest absolute Gasteiger partial charge is 0.481 e. The van der Waals surface area contributed by atoms with Crippen LogP contribution >= 0.6 is 12.6 Å². The van der Waals surface area contributed by atoms with Crippen LogP contribution in [0.5, 0.6) is 0 Å². The van der Waals surface area contributed by atoms with Gasteiger partial charge in [-0.1, -0.05) is 18.2 Å². The molecule has 0 saturated carbocycles. The van der Waals surface area contributed by atoms with Crippen LogP contribution in [0.15, 0.2) is 42.6 Å². The van der Waals surface area contributed by atoms with Gasteiger partial charge in [-0.05, 0) is 61.4 Å². The molecule has 1 aliphatic heterocycles. The van der Waals surface area contributed by atoms with Crippen LogP contribution in [0, 0.1) is 5.92 Å². The van der Waals surface area contributed by atoms with E-state index in [4.69, 9.17) is 5.73 Å². The first-order valence-electron chi connectivity index (χ1n) is 9.93. The summed E-state index contributed by atoms with van der Waals surface area (Å²) in [5.74, 6) is -1.02. The first kappa shape index (κ1) is 21.2. The van der Waals surface area contributed by atoms with Gasteiger partial charge in [0.15, 0.2) is 0 Å². The van der Waals surface area contributed by atoms with Gasteiger partial charge in [0.1, 0.15) is 5.82 Å². The number of nitrogen functional groups attached to an aromatic ring is 1. The Labute approximate surface area is 176 Å². The standard InChI is InChI=1S/C22H27N3O3S/c23-20-9-7-16(14-24-20)13-18(22(27)28)19(29)8-6-15-4-3-5-17(12-15)21(26)25-10-1-2-11-25/h3-5,7,9,12,14,18-19,29H,1-2,6,8,10-11,13H2,(H2,23,24)(H,27,28). The molecule has 1 amide bonds. The molecule has 1 aliphatic rings. The summed E-state index contributed by atoms with van der Waals surface area (Å²) in [6.07, 6.45) is 5.35. The molecule has 2 heterocycles. The number of benzene rings is 1. The number of rotatable bonds is 8. The predicted octanol–water partition coefficient (Wildman–Crippen LogP) is 3.07. The molecule has 0 spiro atoms. The quantitative estimate of drug-likeness (QED) is 0.578. The number of carboxylic acids is 1. The number of carbonyl (C=O) groups is 2. The number of aromatic nitrogens is 1. The highest BCUT2D eigenvalue weighted by Crippen LogP contribution is 2.23. The molecule has 0 bridgehead atoms. The first-order chi connectivity index (χ1) is 13.9. The van der Waals surface area contributed by atoms with Crippen LogP contribution < -0.4 is 5.73 Å². The molecule has 1 aromatic carbocycles. The van der Waals surface area contributed by atoms with Crippen LogP contribution in [0.3, 0.4) is 0 Å². The second kappa shape index (κ2) is 9.78. The highest BCUT2D eigenvalue weighted by atomic mass is 32.1. The van der Waals surface area contributed by atoms with Crippen molar-refractivity contribution in [3.63, 3.8) is 0 Å². The maximum absolute atomic E-state index is 12.6. The fraction of sp³-hybridized carbons (Fsp3) is 0.409. The molecule has 6 nitrogen and oxygen atoms in total. The number of nitrogens with zero attached hydrogens (tertiary/aromatic N) is 2. The summed E-state index contributed by atoms with van der Waals surface area (Å²) in [6.45, 7) is 1.64. The zero-order valence-electron chi connectivity index (χ0n) is 16.3. The van der Waals surface area contributed by atoms with Gasteiger partial charge in [-0.3, -0.25) is 9.59 Å². The number of hydrogen-bond acceptors (Lipinski definition) is 5. The van der Waals surface area contributed by atoms with E-state index in [0.29, 0.717) is 30.6 Å². The number of pyridine rings is 1. The minimum Gasteiger partial charge on any atom is -0.481 e. The smallest absolute Gasteiger partial charge is 0.307 e. The number of carbonyl (C=O) groups excluding carboxylic acids is 1. The summed E-state index contributed by atoms with van der Waals surface area (Å²) in [7, 11) is 0. The van der Waals surface area contributed by atoms with E-state index in [1.54, 1.807) is 18.3 Å². The number of aryl methyl sites for hydroxylation is 1. The van der Waals surface area contributed by atoms with Crippen molar-refractivity contribution in [2.45, 2.75) is 37.4 Å². The Balaban J connectivity index is 1.61. The molecule has 3 N–H and O–H groups in total. The van der Waals surface area contributed by atoms with Crippen LogP contribution in [0.4, 0.5) is 5.82 Å². The van der Waals surface area contributed by atoms with Gasteiger partial charge < -0.3 is 15.7 Å². The molecule has 154 valence electrons. The average molecular weight is 414 g/mol. The van der Waals surface area contributed by atoms with Gasteiger partial charge >= 0.3 is 5.97 Å². The van der Waals surface area contributed by atoms with Crippen molar-refractivity contribution in [3.8, 4) is 0 Å². The van der Waals surface area contributed by atoms with E-state index in [1.807, 2.05) is 29.2 Å². The molecule has 1 saturated heterocycles. The zero-order chi connectivity index (χ0) is 20.8. The van der Waals surface area contributed by atoms with E-state index in [-0.39, 0.29) is 11.2 Å². The number of nitrogens with two attached hydrogens (primary N) is 1. The Morgan fingerprint density at radius 1 is 1.17 bits per heavy atom. The maximum Gasteiger partial charge on any atom is 0.307 e. The third kappa shape index (κ3) is 5.73. The predicted molar refractivity (Wildman–Crippen MR) is 116 cm³/mol. The molecule has 0 aliphatic carbocycles. The Morgan fingerprint density at radius 2 is 1.93 bits per heavy atom. The van der Waals surface area contributed by atoms with Crippen molar-refractivity contribution >= 4 is 30.3 Å². The molecule has 7 heteroatoms. The Hall–Kier alpha value is -2.54. The monoisotopic (exact) mass is 413 g/mol. The summed E-state index contributed by atoms with van der Waals surface area (Å²) in [4.78, 5) is 30.3. The summed E-state index contributed by atoms with van der Waals surface area (Å²) >= 11 is 4.58. The van der Waals surface area contributed by atoms with E-state index in [1.165, 1.54) is 0 Å². The first-order valence-corrected chi connectivity index (χ1v) is 10.4. The number of likely N-dealkylation sites (tertiary alicyclic amines) is 1. The molecule has 2 unspecified atom stereocenters. The van der Waals surface area contributed by atoms with Crippen molar-refractivity contribution in [2.75, 3.05) is 18.8 Å². The van der Waals surface area contributed by atoms with Gasteiger partial charge in [0.25, 0.3) is 5.91 Å². The summed E-state index contributed by atoms with van der Waals surface area (Å²) in [5.41, 5.74) is 8.13. The molecule has 3 rings (SSSR count). The summed E-state index contributed by atoms with van der Waals surface area (Å²) in [6, 6.07) is 11.1. The Morgan fingerprint density at radius 3 is 2.59 bits per heavy atom. The molecular weight excluding hydrogens is 386 g/mol. The van der Waals surface area contributed by atoms with Crippen molar-refractivity contribution in [1.29, 1.82) is 0 Å². The van der Waals surface area contributed by atoms with E-state index >= 15 is 0 Å². The van der Waals surface area contributed by atoms with Crippen LogP contribution in [-0.2, 0) is 17.6 Å². The lowest BCUT2D eigenvalue weighted by atomic mass is 9.93. The van der Waals surface area contributed by atoms with Gasteiger partial charge in [0, 0.05) is 30.1 Å². The van der Waals surface area contributed by atoms with Crippen LogP contribution in [0.1, 0.15) is 40.7 Å². The van der Waals surface area contributed by atoms with Gasteiger partial charge in [-0.25, -0.2) is 4.98 Å². The van der Waals surface area contributed by atoms with Gasteiger partial charge in [0.2, 0.25) is 0 Å². The number of amides is 1. The molecule has 1 fully saturated rings.